The zero-order valence-electron chi connectivity index (χ0n) is 41.3. The average Bonchev–Trinajstić information content (AvgIpc) is 3.37. The first-order valence-electron chi connectivity index (χ1n) is 24.2. The summed E-state index contributed by atoms with van der Waals surface area (Å²) in [6, 6.07) is 24.4. The number of rotatable bonds is 27. The number of nitrogens with zero attached hydrogens (tertiary/aromatic N) is 8. The van der Waals surface area contributed by atoms with Crippen molar-refractivity contribution < 1.29 is 27.6 Å². The van der Waals surface area contributed by atoms with Crippen LogP contribution in [0.5, 0.6) is 17.2 Å². The number of anilines is 5. The SMILES string of the molecule is CCCCCCCCNc1ccc(N=Nc2ccc(N=Nc3cc(S(=O)(=O)O)c4ccc(N=Nc5ccc(N=Nc6ccc(NCCCCCCCC)cc6N)cc5OC)c(O)c4c3N)c(OC)c2)c(N)c1. The molecule has 0 bridgehead atoms. The Morgan fingerprint density at radius 1 is 0.500 bits per heavy atom. The normalized spacial score (nSPS) is 12.0. The molecule has 0 aromatic heterocycles. The molecule has 6 aromatic carbocycles. The van der Waals surface area contributed by atoms with Crippen molar-refractivity contribution in [2.24, 2.45) is 40.9 Å². The maximum Gasteiger partial charge on any atom is 0.295 e. The molecular formula is C52H65N13O6S. The number of methoxy groups -OCH3 is 2. The molecule has 6 aromatic rings. The molecule has 0 fully saturated rings. The van der Waals surface area contributed by atoms with Gasteiger partial charge in [-0.05, 0) is 85.6 Å². The summed E-state index contributed by atoms with van der Waals surface area (Å²) >= 11 is 0. The van der Waals surface area contributed by atoms with Gasteiger partial charge in [0.15, 0.2) is 5.75 Å². The molecule has 0 radical (unpaired) electrons. The van der Waals surface area contributed by atoms with Gasteiger partial charge in [0.25, 0.3) is 10.1 Å². The van der Waals surface area contributed by atoms with Crippen molar-refractivity contribution in [3.05, 3.63) is 91.0 Å². The fraction of sp³-hybridized carbons (Fsp3) is 0.346. The number of hydrogen-bond acceptors (Lipinski definition) is 18. The predicted octanol–water partition coefficient (Wildman–Crippen LogP) is 15.8. The lowest BCUT2D eigenvalue weighted by molar-refractivity contribution is 0.416. The van der Waals surface area contributed by atoms with Gasteiger partial charge in [0.1, 0.15) is 50.5 Å². The lowest BCUT2D eigenvalue weighted by atomic mass is 10.1. The zero-order valence-corrected chi connectivity index (χ0v) is 42.1. The standard InChI is InChI=1S/C52H65N13O6S/c1-5-7-9-11-13-15-27-56-34-17-22-41(39(53)29-34)60-58-36-19-24-43(47(31-36)70-3)62-64-45-26-21-38-49(72(67,68)69)33-46(51(55)50(38)52(45)66)65-63-44-25-20-37(32-48(44)71-4)59-61-42-23-18-35(30-40(42)54)57-28-16-14-12-10-8-6-2/h17-26,29-33,56-57,66H,5-16,27-28,53-55H2,1-4H3,(H,67,68,69). The van der Waals surface area contributed by atoms with Gasteiger partial charge in [0, 0.05) is 42.0 Å². The van der Waals surface area contributed by atoms with Crippen LogP contribution in [0.1, 0.15) is 90.9 Å². The van der Waals surface area contributed by atoms with E-state index in [0.29, 0.717) is 39.9 Å². The van der Waals surface area contributed by atoms with Gasteiger partial charge in [-0.1, -0.05) is 84.1 Å². The van der Waals surface area contributed by atoms with Crippen LogP contribution in [0.3, 0.4) is 0 Å². The van der Waals surface area contributed by atoms with Crippen LogP contribution >= 0.6 is 0 Å². The molecule has 0 aliphatic carbocycles. The third kappa shape index (κ3) is 14.9. The number of nitrogens with two attached hydrogens (primary N) is 3. The minimum absolute atomic E-state index is 0.0833. The Morgan fingerprint density at radius 3 is 1.38 bits per heavy atom. The number of nitrogen functional groups attached to an aromatic ring is 3. The van der Waals surface area contributed by atoms with Gasteiger partial charge in [0.05, 0.1) is 48.0 Å². The average molecular weight is 1000 g/mol. The largest absolute Gasteiger partial charge is 0.505 e. The number of nitrogens with one attached hydrogen (secondary N) is 2. The summed E-state index contributed by atoms with van der Waals surface area (Å²) in [6.45, 7) is 6.14. The fourth-order valence-electron chi connectivity index (χ4n) is 7.69. The number of benzene rings is 6. The van der Waals surface area contributed by atoms with Crippen LogP contribution < -0.4 is 37.3 Å². The number of fused-ring (bicyclic) bond motifs is 1. The Hall–Kier alpha value is -7.71. The summed E-state index contributed by atoms with van der Waals surface area (Å²) in [6.07, 6.45) is 14.6. The lowest BCUT2D eigenvalue weighted by Gasteiger charge is -2.12. The summed E-state index contributed by atoms with van der Waals surface area (Å²) < 4.78 is 46.8. The number of phenols is 1. The molecule has 10 N–H and O–H groups in total. The molecule has 0 atom stereocenters. The highest BCUT2D eigenvalue weighted by molar-refractivity contribution is 7.86. The lowest BCUT2D eigenvalue weighted by Crippen LogP contribution is -2.01. The maximum absolute atomic E-state index is 12.7. The van der Waals surface area contributed by atoms with Crippen LogP contribution in [-0.2, 0) is 10.1 Å². The van der Waals surface area contributed by atoms with Gasteiger partial charge in [-0.3, -0.25) is 4.55 Å². The Labute approximate surface area is 420 Å². The quantitative estimate of drug-likeness (QED) is 0.0110. The first-order valence-corrected chi connectivity index (χ1v) is 25.6. The highest BCUT2D eigenvalue weighted by atomic mass is 32.2. The molecule has 72 heavy (non-hydrogen) atoms. The second-order valence-corrected chi connectivity index (χ2v) is 18.5. The third-order valence-corrected chi connectivity index (χ3v) is 12.6. The van der Waals surface area contributed by atoms with Crippen molar-refractivity contribution in [2.75, 3.05) is 55.1 Å². The van der Waals surface area contributed by atoms with Crippen molar-refractivity contribution in [2.45, 2.75) is 95.8 Å². The van der Waals surface area contributed by atoms with E-state index >= 15 is 0 Å². The van der Waals surface area contributed by atoms with E-state index in [4.69, 9.17) is 26.7 Å². The first-order chi connectivity index (χ1) is 34.8. The number of unbranched alkanes of at least 4 members (excludes halogenated alkanes) is 10. The second kappa shape index (κ2) is 26.5. The van der Waals surface area contributed by atoms with Crippen LogP contribution in [0.4, 0.5) is 73.9 Å². The maximum atomic E-state index is 12.7. The van der Waals surface area contributed by atoms with Gasteiger partial charge in [0.2, 0.25) is 0 Å². The number of hydrogen-bond donors (Lipinski definition) is 7. The molecule has 0 unspecified atom stereocenters. The van der Waals surface area contributed by atoms with Crippen molar-refractivity contribution in [1.82, 2.24) is 0 Å². The number of phenolic OH excluding ortho intramolecular Hbond substituents is 1. The molecule has 0 saturated carbocycles. The van der Waals surface area contributed by atoms with E-state index in [0.717, 1.165) is 43.4 Å². The highest BCUT2D eigenvalue weighted by Gasteiger charge is 2.23. The molecule has 6 rings (SSSR count). The molecule has 0 heterocycles. The zero-order chi connectivity index (χ0) is 51.5. The van der Waals surface area contributed by atoms with E-state index in [9.17, 15) is 18.1 Å². The molecule has 380 valence electrons. The fourth-order valence-corrected chi connectivity index (χ4v) is 8.40. The van der Waals surface area contributed by atoms with Gasteiger partial charge in [-0.15, -0.1) is 30.7 Å². The molecule has 0 amide bonds. The van der Waals surface area contributed by atoms with Crippen LogP contribution in [-0.4, -0.2) is 45.4 Å². The minimum atomic E-state index is -4.87. The Bertz CT molecular complexity index is 3030. The van der Waals surface area contributed by atoms with E-state index < -0.39 is 20.8 Å². The summed E-state index contributed by atoms with van der Waals surface area (Å²) in [5, 5.41) is 52.4. The second-order valence-electron chi connectivity index (χ2n) is 17.1. The van der Waals surface area contributed by atoms with Crippen LogP contribution in [0.15, 0.2) is 137 Å². The van der Waals surface area contributed by atoms with Crippen molar-refractivity contribution >= 4 is 94.8 Å². The summed E-state index contributed by atoms with van der Waals surface area (Å²) in [4.78, 5) is -0.577. The van der Waals surface area contributed by atoms with E-state index in [1.165, 1.54) is 90.6 Å². The van der Waals surface area contributed by atoms with Crippen LogP contribution in [0.2, 0.25) is 0 Å². The highest BCUT2D eigenvalue weighted by Crippen LogP contribution is 2.46. The summed E-state index contributed by atoms with van der Waals surface area (Å²) in [5.41, 5.74) is 23.8. The molecule has 19 nitrogen and oxygen atoms in total. The Morgan fingerprint density at radius 2 is 0.917 bits per heavy atom. The van der Waals surface area contributed by atoms with E-state index in [-0.39, 0.29) is 45.0 Å². The number of aromatic hydroxyl groups is 1. The van der Waals surface area contributed by atoms with Crippen LogP contribution in [0.25, 0.3) is 10.8 Å². The molecule has 0 aliphatic rings. The van der Waals surface area contributed by atoms with E-state index in [2.05, 4.69) is 65.4 Å². The molecular weight excluding hydrogens is 935 g/mol. The van der Waals surface area contributed by atoms with E-state index in [1.807, 2.05) is 24.3 Å². The first kappa shape index (κ1) is 53.6. The Kier molecular flexibility index (Phi) is 19.7. The summed E-state index contributed by atoms with van der Waals surface area (Å²) in [5.74, 6) is 0.0138. The molecule has 0 saturated heterocycles. The van der Waals surface area contributed by atoms with Crippen LogP contribution in [0, 0.1) is 0 Å². The van der Waals surface area contributed by atoms with Crippen molar-refractivity contribution in [3.63, 3.8) is 0 Å². The Balaban J connectivity index is 1.16. The third-order valence-electron chi connectivity index (χ3n) is 11.7. The van der Waals surface area contributed by atoms with E-state index in [1.54, 1.807) is 48.5 Å². The smallest absolute Gasteiger partial charge is 0.295 e. The molecule has 0 aliphatic heterocycles. The summed E-state index contributed by atoms with van der Waals surface area (Å²) in [7, 11) is -1.99. The predicted molar refractivity (Wildman–Crippen MR) is 288 cm³/mol. The topological polar surface area (TPSA) is 294 Å². The minimum Gasteiger partial charge on any atom is -0.505 e. The van der Waals surface area contributed by atoms with Gasteiger partial charge in [-0.25, -0.2) is 0 Å². The number of azo groups is 4. The van der Waals surface area contributed by atoms with Gasteiger partial charge < -0.3 is 42.4 Å². The van der Waals surface area contributed by atoms with Gasteiger partial charge in [-0.2, -0.15) is 18.6 Å². The molecule has 20 heteroatoms. The monoisotopic (exact) mass is 999 g/mol. The van der Waals surface area contributed by atoms with Crippen molar-refractivity contribution in [3.8, 4) is 17.2 Å². The number of ether oxygens (including phenoxy) is 2. The van der Waals surface area contributed by atoms with Gasteiger partial charge >= 0.3 is 0 Å². The molecule has 0 spiro atoms. The van der Waals surface area contributed by atoms with Crippen molar-refractivity contribution in [1.29, 1.82) is 0 Å².